The summed E-state index contributed by atoms with van der Waals surface area (Å²) < 4.78 is 0. The highest BCUT2D eigenvalue weighted by molar-refractivity contribution is 6.58. The minimum Gasteiger partial charge on any atom is -0.423 e. The molecule has 0 aliphatic rings. The van der Waals surface area contributed by atoms with E-state index in [4.69, 9.17) is 10.0 Å². The van der Waals surface area contributed by atoms with Gasteiger partial charge < -0.3 is 10.0 Å². The fourth-order valence-corrected chi connectivity index (χ4v) is 1.11. The molecule has 0 aliphatic heterocycles. The Bertz CT molecular complexity index is 442. The van der Waals surface area contributed by atoms with Gasteiger partial charge in [0.2, 0.25) is 0 Å². The molecular weight excluding hydrogens is 238 g/mol. The van der Waals surface area contributed by atoms with Crippen molar-refractivity contribution in [2.24, 2.45) is 0 Å². The highest BCUT2D eigenvalue weighted by Crippen LogP contribution is 2.03. The van der Waals surface area contributed by atoms with Crippen LogP contribution < -0.4 is 5.46 Å². The molecular formula is C8H9BCl2N2O2. The molecule has 0 fully saturated rings. The Morgan fingerprint density at radius 1 is 1.07 bits per heavy atom. The van der Waals surface area contributed by atoms with E-state index in [-0.39, 0.29) is 24.8 Å². The first kappa shape index (κ1) is 14.1. The fourth-order valence-electron chi connectivity index (χ4n) is 1.11. The zero-order valence-electron chi connectivity index (χ0n) is 7.57. The van der Waals surface area contributed by atoms with Crippen molar-refractivity contribution in [3.8, 4) is 0 Å². The highest BCUT2D eigenvalue weighted by atomic mass is 35.5. The molecule has 2 aromatic rings. The molecule has 2 rings (SSSR count). The van der Waals surface area contributed by atoms with Crippen LogP contribution in [0.5, 0.6) is 0 Å². The van der Waals surface area contributed by atoms with Gasteiger partial charge in [0, 0.05) is 17.9 Å². The summed E-state index contributed by atoms with van der Waals surface area (Å²) in [6, 6.07) is 5.20. The molecule has 0 radical (unpaired) electrons. The summed E-state index contributed by atoms with van der Waals surface area (Å²) in [4.78, 5) is 8.06. The number of pyridine rings is 2. The summed E-state index contributed by atoms with van der Waals surface area (Å²) in [7, 11) is -1.49. The monoisotopic (exact) mass is 246 g/mol. The minimum atomic E-state index is -1.49. The zero-order chi connectivity index (χ0) is 9.26. The van der Waals surface area contributed by atoms with Crippen molar-refractivity contribution < 1.29 is 10.0 Å². The summed E-state index contributed by atoms with van der Waals surface area (Å²) in [5, 5.41) is 17.7. The van der Waals surface area contributed by atoms with Gasteiger partial charge in [-0.3, -0.25) is 9.97 Å². The number of fused-ring (bicyclic) bond motifs is 1. The van der Waals surface area contributed by atoms with E-state index in [9.17, 15) is 0 Å². The largest absolute Gasteiger partial charge is 0.490 e. The normalized spacial score (nSPS) is 8.93. The number of hydrogen-bond acceptors (Lipinski definition) is 4. The van der Waals surface area contributed by atoms with Crippen molar-refractivity contribution >= 4 is 48.4 Å². The Balaban J connectivity index is 0.000000980. The maximum Gasteiger partial charge on any atom is 0.490 e. The van der Waals surface area contributed by atoms with Crippen LogP contribution in [0.25, 0.3) is 11.0 Å². The van der Waals surface area contributed by atoms with Crippen molar-refractivity contribution in [2.45, 2.75) is 0 Å². The van der Waals surface area contributed by atoms with Crippen LogP contribution in [0.4, 0.5) is 0 Å². The van der Waals surface area contributed by atoms with Gasteiger partial charge in [-0.05, 0) is 18.2 Å². The number of hydrogen-bond donors (Lipinski definition) is 2. The Morgan fingerprint density at radius 2 is 1.80 bits per heavy atom. The second-order valence-electron chi connectivity index (χ2n) is 2.68. The van der Waals surface area contributed by atoms with E-state index >= 15 is 0 Å². The lowest BCUT2D eigenvalue weighted by atomic mass is 9.81. The summed E-state index contributed by atoms with van der Waals surface area (Å²) in [6.07, 6.45) is 3.06. The molecule has 0 amide bonds. The third kappa shape index (κ3) is 3.04. The first-order valence-electron chi connectivity index (χ1n) is 3.84. The Kier molecular flexibility index (Phi) is 5.53. The Morgan fingerprint density at radius 3 is 2.47 bits per heavy atom. The second kappa shape index (κ2) is 5.87. The Hall–Kier alpha value is -0.875. The lowest BCUT2D eigenvalue weighted by molar-refractivity contribution is 0.425. The molecule has 0 atom stereocenters. The van der Waals surface area contributed by atoms with Crippen molar-refractivity contribution in [2.75, 3.05) is 0 Å². The van der Waals surface area contributed by atoms with Gasteiger partial charge in [0.15, 0.2) is 0 Å². The van der Waals surface area contributed by atoms with Crippen molar-refractivity contribution in [3.63, 3.8) is 0 Å². The topological polar surface area (TPSA) is 66.2 Å². The first-order valence-corrected chi connectivity index (χ1v) is 3.84. The fraction of sp³-hybridized carbons (Fsp3) is 0. The predicted octanol–water partition coefficient (Wildman–Crippen LogP) is 0.153. The van der Waals surface area contributed by atoms with Gasteiger partial charge in [-0.25, -0.2) is 0 Å². The lowest BCUT2D eigenvalue weighted by Crippen LogP contribution is -2.30. The highest BCUT2D eigenvalue weighted by Gasteiger charge is 2.11. The maximum absolute atomic E-state index is 8.87. The zero-order valence-corrected chi connectivity index (χ0v) is 9.20. The van der Waals surface area contributed by atoms with Crippen molar-refractivity contribution in [3.05, 3.63) is 30.6 Å². The van der Waals surface area contributed by atoms with E-state index in [1.54, 1.807) is 18.3 Å². The molecule has 0 unspecified atom stereocenters. The molecule has 0 saturated heterocycles. The molecule has 7 heteroatoms. The SMILES string of the molecule is Cl.Cl.OB(O)c1cnc2cccnc2c1. The van der Waals surface area contributed by atoms with Gasteiger partial charge in [-0.1, -0.05) is 0 Å². The molecule has 2 heterocycles. The van der Waals surface area contributed by atoms with Crippen LogP contribution in [-0.2, 0) is 0 Å². The Labute approximate surface area is 99.3 Å². The van der Waals surface area contributed by atoms with E-state index in [1.165, 1.54) is 6.20 Å². The van der Waals surface area contributed by atoms with E-state index in [0.29, 0.717) is 11.0 Å². The van der Waals surface area contributed by atoms with Crippen LogP contribution in [0.2, 0.25) is 0 Å². The molecule has 0 bridgehead atoms. The van der Waals surface area contributed by atoms with Gasteiger partial charge in [0.05, 0.1) is 11.0 Å². The molecule has 0 aromatic carbocycles. The van der Waals surface area contributed by atoms with Crippen molar-refractivity contribution in [1.29, 1.82) is 0 Å². The van der Waals surface area contributed by atoms with Crippen molar-refractivity contribution in [1.82, 2.24) is 9.97 Å². The van der Waals surface area contributed by atoms with E-state index in [2.05, 4.69) is 9.97 Å². The molecule has 0 spiro atoms. The van der Waals surface area contributed by atoms with Crippen LogP contribution in [0.15, 0.2) is 30.6 Å². The van der Waals surface area contributed by atoms with Gasteiger partial charge in [-0.2, -0.15) is 0 Å². The summed E-state index contributed by atoms with van der Waals surface area (Å²) in [5.74, 6) is 0. The molecule has 4 nitrogen and oxygen atoms in total. The lowest BCUT2D eigenvalue weighted by Gasteiger charge is -1.99. The summed E-state index contributed by atoms with van der Waals surface area (Å²) >= 11 is 0. The molecule has 15 heavy (non-hydrogen) atoms. The number of rotatable bonds is 1. The van der Waals surface area contributed by atoms with Gasteiger partial charge in [0.1, 0.15) is 0 Å². The standard InChI is InChI=1S/C8H7BN2O2.2ClH/c12-9(13)6-4-8-7(11-5-6)2-1-3-10-8;;/h1-5,12-13H;2*1H. The molecule has 2 aromatic heterocycles. The average molecular weight is 247 g/mol. The maximum atomic E-state index is 8.87. The second-order valence-corrected chi connectivity index (χ2v) is 2.68. The van der Waals surface area contributed by atoms with Gasteiger partial charge in [-0.15, -0.1) is 24.8 Å². The average Bonchev–Trinajstić information content (AvgIpc) is 2.17. The smallest absolute Gasteiger partial charge is 0.423 e. The third-order valence-electron chi connectivity index (χ3n) is 1.77. The van der Waals surface area contributed by atoms with Crippen LogP contribution in [-0.4, -0.2) is 27.1 Å². The first-order chi connectivity index (χ1) is 6.27. The third-order valence-corrected chi connectivity index (χ3v) is 1.77. The van der Waals surface area contributed by atoms with Gasteiger partial charge in [0.25, 0.3) is 0 Å². The molecule has 0 aliphatic carbocycles. The number of nitrogens with zero attached hydrogens (tertiary/aromatic N) is 2. The molecule has 2 N–H and O–H groups in total. The van der Waals surface area contributed by atoms with E-state index in [0.717, 1.165) is 5.52 Å². The number of aromatic nitrogens is 2. The van der Waals surface area contributed by atoms with E-state index in [1.807, 2.05) is 6.07 Å². The summed E-state index contributed by atoms with van der Waals surface area (Å²) in [5.41, 5.74) is 1.76. The van der Waals surface area contributed by atoms with E-state index < -0.39 is 7.12 Å². The minimum absolute atomic E-state index is 0. The van der Waals surface area contributed by atoms with Gasteiger partial charge >= 0.3 is 7.12 Å². The van der Waals surface area contributed by atoms with Crippen LogP contribution in [0.3, 0.4) is 0 Å². The van der Waals surface area contributed by atoms with Crippen LogP contribution in [0, 0.1) is 0 Å². The van der Waals surface area contributed by atoms with Crippen LogP contribution in [0.1, 0.15) is 0 Å². The molecule has 80 valence electrons. The van der Waals surface area contributed by atoms with Crippen LogP contribution >= 0.6 is 24.8 Å². The summed E-state index contributed by atoms with van der Waals surface area (Å²) in [6.45, 7) is 0. The quantitative estimate of drug-likeness (QED) is 0.704. The molecule has 0 saturated carbocycles. The predicted molar refractivity (Wildman–Crippen MR) is 63.9 cm³/mol. The number of halogens is 2.